The number of carboxylic acid groups (broad SMARTS) is 1. The first-order chi connectivity index (χ1) is 7.72. The number of carbonyl (C=O) groups is 1. The molecule has 2 rings (SSSR count). The van der Waals surface area contributed by atoms with Gasteiger partial charge in [-0.05, 0) is 0 Å². The van der Waals surface area contributed by atoms with Crippen LogP contribution in [-0.4, -0.2) is 30.6 Å². The lowest BCUT2D eigenvalue weighted by Crippen LogP contribution is -2.06. The first-order valence-corrected chi connectivity index (χ1v) is 4.80. The lowest BCUT2D eigenvalue weighted by molar-refractivity contribution is 0.0696. The summed E-state index contributed by atoms with van der Waals surface area (Å²) >= 11 is 0. The summed E-state index contributed by atoms with van der Waals surface area (Å²) in [6, 6.07) is 0. The third-order valence-electron chi connectivity index (χ3n) is 2.13. The van der Waals surface area contributed by atoms with E-state index < -0.39 is 5.97 Å². The van der Waals surface area contributed by atoms with Crippen LogP contribution >= 0.6 is 0 Å². The number of carboxylic acids is 1. The number of aryl methyl sites for hydroxylation is 1. The predicted octanol–water partition coefficient (Wildman–Crippen LogP) is 0.923. The molecule has 0 spiro atoms. The Labute approximate surface area is 91.6 Å². The summed E-state index contributed by atoms with van der Waals surface area (Å²) in [5.41, 5.74) is 0.0712. The Morgan fingerprint density at radius 2 is 2.06 bits per heavy atom. The monoisotopic (exact) mass is 218 g/mol. The van der Waals surface area contributed by atoms with Gasteiger partial charge >= 0.3 is 5.97 Å². The minimum absolute atomic E-state index is 0.0712. The van der Waals surface area contributed by atoms with Gasteiger partial charge in [-0.25, -0.2) is 19.7 Å². The molecule has 0 amide bonds. The van der Waals surface area contributed by atoms with Crippen molar-refractivity contribution in [2.24, 2.45) is 0 Å². The highest BCUT2D eigenvalue weighted by atomic mass is 16.4. The fraction of sp³-hybridized carbons (Fsp3) is 0.200. The van der Waals surface area contributed by atoms with Crippen molar-refractivity contribution < 1.29 is 9.90 Å². The average molecular weight is 218 g/mol. The zero-order chi connectivity index (χ0) is 11.5. The van der Waals surface area contributed by atoms with Crippen LogP contribution in [0.4, 0.5) is 0 Å². The highest BCUT2D eigenvalue weighted by Crippen LogP contribution is 2.06. The van der Waals surface area contributed by atoms with Crippen LogP contribution in [0, 0.1) is 0 Å². The van der Waals surface area contributed by atoms with Crippen molar-refractivity contribution in [1.82, 2.24) is 19.5 Å². The number of nitrogens with zero attached hydrogens (tertiary/aromatic N) is 4. The predicted molar refractivity (Wildman–Crippen MR) is 55.5 cm³/mol. The van der Waals surface area contributed by atoms with E-state index in [-0.39, 0.29) is 5.56 Å². The number of rotatable bonds is 3. The third kappa shape index (κ3) is 1.77. The van der Waals surface area contributed by atoms with Gasteiger partial charge < -0.3 is 5.11 Å². The van der Waals surface area contributed by atoms with Gasteiger partial charge in [-0.3, -0.25) is 4.57 Å². The van der Waals surface area contributed by atoms with E-state index in [1.165, 1.54) is 12.4 Å². The first kappa shape index (κ1) is 10.3. The fourth-order valence-electron chi connectivity index (χ4n) is 1.33. The lowest BCUT2D eigenvalue weighted by Gasteiger charge is -2.03. The van der Waals surface area contributed by atoms with Gasteiger partial charge in [0.05, 0.1) is 5.56 Å². The third-order valence-corrected chi connectivity index (χ3v) is 2.13. The maximum atomic E-state index is 10.6. The van der Waals surface area contributed by atoms with Gasteiger partial charge in [0, 0.05) is 31.2 Å². The molecule has 0 bridgehead atoms. The van der Waals surface area contributed by atoms with E-state index in [1.807, 2.05) is 6.92 Å². The summed E-state index contributed by atoms with van der Waals surface area (Å²) in [6.45, 7) is 1.98. The van der Waals surface area contributed by atoms with Gasteiger partial charge in [0.15, 0.2) is 0 Å². The molecule has 6 heteroatoms. The van der Waals surface area contributed by atoms with Crippen molar-refractivity contribution in [3.05, 3.63) is 36.2 Å². The van der Waals surface area contributed by atoms with Crippen molar-refractivity contribution in [1.29, 1.82) is 0 Å². The van der Waals surface area contributed by atoms with Crippen LogP contribution in [-0.2, 0) is 6.42 Å². The second kappa shape index (κ2) is 4.09. The van der Waals surface area contributed by atoms with Gasteiger partial charge in [0.1, 0.15) is 5.82 Å². The molecule has 0 unspecified atom stereocenters. The van der Waals surface area contributed by atoms with Crippen LogP contribution in [0.1, 0.15) is 23.1 Å². The Hall–Kier alpha value is -2.24. The first-order valence-electron chi connectivity index (χ1n) is 4.80. The highest BCUT2D eigenvalue weighted by Gasteiger charge is 2.07. The molecule has 0 aliphatic rings. The molecule has 0 fully saturated rings. The number of hydrogen-bond acceptors (Lipinski definition) is 4. The zero-order valence-electron chi connectivity index (χ0n) is 8.66. The molecule has 0 saturated heterocycles. The molecule has 2 heterocycles. The molecule has 0 aliphatic carbocycles. The molecular formula is C10H10N4O2. The number of imidazole rings is 1. The van der Waals surface area contributed by atoms with Gasteiger partial charge in [-0.1, -0.05) is 6.92 Å². The summed E-state index contributed by atoms with van der Waals surface area (Å²) in [7, 11) is 0. The summed E-state index contributed by atoms with van der Waals surface area (Å²) < 4.78 is 1.73. The van der Waals surface area contributed by atoms with Crippen LogP contribution in [0.2, 0.25) is 0 Å². The molecule has 2 aromatic heterocycles. The average Bonchev–Trinajstić information content (AvgIpc) is 2.77. The largest absolute Gasteiger partial charge is 0.478 e. The second-order valence-corrected chi connectivity index (χ2v) is 3.14. The highest BCUT2D eigenvalue weighted by molar-refractivity contribution is 5.86. The second-order valence-electron chi connectivity index (χ2n) is 3.14. The number of aromatic nitrogens is 4. The molecule has 16 heavy (non-hydrogen) atoms. The molecule has 0 atom stereocenters. The van der Waals surface area contributed by atoms with Crippen LogP contribution in [0.15, 0.2) is 24.8 Å². The smallest absolute Gasteiger partial charge is 0.338 e. The molecule has 2 aromatic rings. The fourth-order valence-corrected chi connectivity index (χ4v) is 1.33. The minimum Gasteiger partial charge on any atom is -0.478 e. The molecular weight excluding hydrogens is 208 g/mol. The summed E-state index contributed by atoms with van der Waals surface area (Å²) in [5, 5.41) is 8.71. The van der Waals surface area contributed by atoms with Crippen molar-refractivity contribution in [3.63, 3.8) is 0 Å². The van der Waals surface area contributed by atoms with E-state index in [9.17, 15) is 4.79 Å². The molecule has 0 radical (unpaired) electrons. The van der Waals surface area contributed by atoms with Crippen molar-refractivity contribution in [3.8, 4) is 5.95 Å². The summed E-state index contributed by atoms with van der Waals surface area (Å²) in [5.74, 6) is 0.232. The van der Waals surface area contributed by atoms with E-state index in [2.05, 4.69) is 15.0 Å². The molecule has 0 aromatic carbocycles. The maximum Gasteiger partial charge on any atom is 0.338 e. The van der Waals surface area contributed by atoms with Crippen LogP contribution in [0.3, 0.4) is 0 Å². The van der Waals surface area contributed by atoms with E-state index in [0.29, 0.717) is 5.95 Å². The van der Waals surface area contributed by atoms with Crippen LogP contribution in [0.25, 0.3) is 5.95 Å². The molecule has 0 aliphatic heterocycles. The Balaban J connectivity index is 2.38. The molecule has 0 saturated carbocycles. The summed E-state index contributed by atoms with van der Waals surface area (Å²) in [4.78, 5) is 22.7. The maximum absolute atomic E-state index is 10.6. The molecule has 82 valence electrons. The Morgan fingerprint density at radius 3 is 2.62 bits per heavy atom. The van der Waals surface area contributed by atoms with E-state index in [0.717, 1.165) is 12.2 Å². The number of hydrogen-bond donors (Lipinski definition) is 1. The normalized spacial score (nSPS) is 10.3. The Morgan fingerprint density at radius 1 is 1.38 bits per heavy atom. The van der Waals surface area contributed by atoms with Crippen LogP contribution < -0.4 is 0 Å². The quantitative estimate of drug-likeness (QED) is 0.828. The topological polar surface area (TPSA) is 80.9 Å². The number of aromatic carboxylic acids is 1. The van der Waals surface area contributed by atoms with Gasteiger partial charge in [0.2, 0.25) is 5.95 Å². The van der Waals surface area contributed by atoms with Gasteiger partial charge in [-0.2, -0.15) is 0 Å². The standard InChI is InChI=1S/C10H10N4O2/c1-2-8-11-3-4-14(8)10-12-5-7(6-13-10)9(15)16/h3-6H,2H2,1H3,(H,15,16). The van der Waals surface area contributed by atoms with E-state index in [4.69, 9.17) is 5.11 Å². The summed E-state index contributed by atoms with van der Waals surface area (Å²) in [6.07, 6.45) is 6.73. The minimum atomic E-state index is -1.03. The van der Waals surface area contributed by atoms with Crippen molar-refractivity contribution >= 4 is 5.97 Å². The van der Waals surface area contributed by atoms with E-state index in [1.54, 1.807) is 17.0 Å². The Bertz CT molecular complexity index is 504. The van der Waals surface area contributed by atoms with Crippen molar-refractivity contribution in [2.45, 2.75) is 13.3 Å². The molecule has 6 nitrogen and oxygen atoms in total. The van der Waals surface area contributed by atoms with E-state index >= 15 is 0 Å². The van der Waals surface area contributed by atoms with Gasteiger partial charge in [0.25, 0.3) is 0 Å². The van der Waals surface area contributed by atoms with Gasteiger partial charge in [-0.15, -0.1) is 0 Å². The zero-order valence-corrected chi connectivity index (χ0v) is 8.66. The lowest BCUT2D eigenvalue weighted by atomic mass is 10.3. The van der Waals surface area contributed by atoms with Crippen LogP contribution in [0.5, 0.6) is 0 Å². The Kier molecular flexibility index (Phi) is 2.63. The molecule has 1 N–H and O–H groups in total. The van der Waals surface area contributed by atoms with Crippen molar-refractivity contribution in [2.75, 3.05) is 0 Å². The SMILES string of the molecule is CCc1nccn1-c1ncc(C(=O)O)cn1.